The van der Waals surface area contributed by atoms with Gasteiger partial charge in [-0.2, -0.15) is 5.26 Å². The van der Waals surface area contributed by atoms with Crippen molar-refractivity contribution in [3.63, 3.8) is 0 Å². The summed E-state index contributed by atoms with van der Waals surface area (Å²) in [5.74, 6) is -0.220. The van der Waals surface area contributed by atoms with Gasteiger partial charge in [-0.3, -0.25) is 4.79 Å². The molecule has 1 aromatic carbocycles. The van der Waals surface area contributed by atoms with E-state index in [4.69, 9.17) is 10.00 Å². The van der Waals surface area contributed by atoms with Crippen LogP contribution in [-0.4, -0.2) is 37.7 Å². The van der Waals surface area contributed by atoms with Gasteiger partial charge in [-0.15, -0.1) is 0 Å². The van der Waals surface area contributed by atoms with Crippen LogP contribution in [0.4, 0.5) is 0 Å². The predicted octanol–water partition coefficient (Wildman–Crippen LogP) is 0.616. The molecule has 106 valence electrons. The van der Waals surface area contributed by atoms with Crippen LogP contribution in [0.5, 0.6) is 0 Å². The molecule has 2 atom stereocenters. The van der Waals surface area contributed by atoms with Gasteiger partial charge < -0.3 is 15.4 Å². The van der Waals surface area contributed by atoms with Gasteiger partial charge in [0.15, 0.2) is 0 Å². The molecule has 0 aliphatic carbocycles. The van der Waals surface area contributed by atoms with Crippen LogP contribution in [0.1, 0.15) is 12.0 Å². The molecule has 1 heterocycles. The average molecular weight is 273 g/mol. The van der Waals surface area contributed by atoms with E-state index in [1.807, 2.05) is 30.3 Å². The minimum atomic E-state index is -0.531. The SMILES string of the molecule is N#CC(Cc1ccccc1)NC(=O)C1CNCCCO1. The van der Waals surface area contributed by atoms with Crippen molar-refractivity contribution in [3.05, 3.63) is 35.9 Å². The highest BCUT2D eigenvalue weighted by Crippen LogP contribution is 2.04. The Hall–Kier alpha value is -1.90. The van der Waals surface area contributed by atoms with Crippen LogP contribution in [0, 0.1) is 11.3 Å². The van der Waals surface area contributed by atoms with Crippen LogP contribution >= 0.6 is 0 Å². The maximum absolute atomic E-state index is 12.1. The van der Waals surface area contributed by atoms with Gasteiger partial charge in [0.1, 0.15) is 12.1 Å². The molecule has 0 saturated carbocycles. The molecular weight excluding hydrogens is 254 g/mol. The molecular formula is C15H19N3O2. The van der Waals surface area contributed by atoms with Crippen LogP contribution in [0.3, 0.4) is 0 Å². The molecule has 2 N–H and O–H groups in total. The number of hydrogen-bond acceptors (Lipinski definition) is 4. The minimum absolute atomic E-state index is 0.220. The molecule has 1 aliphatic rings. The third-order valence-electron chi connectivity index (χ3n) is 3.19. The normalized spacial score (nSPS) is 20.4. The standard InChI is InChI=1S/C15H19N3O2/c16-10-13(9-12-5-2-1-3-6-12)18-15(19)14-11-17-7-4-8-20-14/h1-3,5-6,13-14,17H,4,7-9,11H2,(H,18,19). The molecule has 5 nitrogen and oxygen atoms in total. The number of nitriles is 1. The smallest absolute Gasteiger partial charge is 0.251 e. The fourth-order valence-corrected chi connectivity index (χ4v) is 2.13. The summed E-state index contributed by atoms with van der Waals surface area (Å²) in [6.45, 7) is 1.92. The zero-order chi connectivity index (χ0) is 14.2. The van der Waals surface area contributed by atoms with E-state index in [0.29, 0.717) is 19.6 Å². The lowest BCUT2D eigenvalue weighted by Gasteiger charge is -2.17. The summed E-state index contributed by atoms with van der Waals surface area (Å²) in [5.41, 5.74) is 1.03. The molecule has 2 unspecified atom stereocenters. The fourth-order valence-electron chi connectivity index (χ4n) is 2.13. The molecule has 1 aromatic rings. The number of benzene rings is 1. The Balaban J connectivity index is 1.89. The van der Waals surface area contributed by atoms with E-state index >= 15 is 0 Å². The molecule has 5 heteroatoms. The number of nitrogens with one attached hydrogen (secondary N) is 2. The van der Waals surface area contributed by atoms with Gasteiger partial charge in [0, 0.05) is 19.6 Å². The Kier molecular flexibility index (Phi) is 5.54. The molecule has 20 heavy (non-hydrogen) atoms. The highest BCUT2D eigenvalue weighted by atomic mass is 16.5. The van der Waals surface area contributed by atoms with Gasteiger partial charge in [-0.1, -0.05) is 30.3 Å². The first-order valence-electron chi connectivity index (χ1n) is 6.86. The van der Waals surface area contributed by atoms with Crippen molar-refractivity contribution in [2.45, 2.75) is 25.0 Å². The number of carbonyl (C=O) groups excluding carboxylic acids is 1. The van der Waals surface area contributed by atoms with Crippen LogP contribution in [0.15, 0.2) is 30.3 Å². The molecule has 0 aromatic heterocycles. The van der Waals surface area contributed by atoms with E-state index in [2.05, 4.69) is 16.7 Å². The van der Waals surface area contributed by atoms with Gasteiger partial charge in [-0.05, 0) is 18.5 Å². The van der Waals surface area contributed by atoms with Gasteiger partial charge >= 0.3 is 0 Å². The molecule has 1 aliphatic heterocycles. The van der Waals surface area contributed by atoms with Crippen LogP contribution < -0.4 is 10.6 Å². The lowest BCUT2D eigenvalue weighted by Crippen LogP contribution is -2.46. The molecule has 1 amide bonds. The first kappa shape index (κ1) is 14.5. The molecule has 0 radical (unpaired) electrons. The fraction of sp³-hybridized carbons (Fsp3) is 0.467. The van der Waals surface area contributed by atoms with Crippen molar-refractivity contribution in [2.24, 2.45) is 0 Å². The number of ether oxygens (including phenoxy) is 1. The van der Waals surface area contributed by atoms with Crippen molar-refractivity contribution in [3.8, 4) is 6.07 Å². The van der Waals surface area contributed by atoms with E-state index in [9.17, 15) is 4.79 Å². The maximum atomic E-state index is 12.1. The Bertz CT molecular complexity index is 462. The van der Waals surface area contributed by atoms with Crippen LogP contribution in [0.2, 0.25) is 0 Å². The van der Waals surface area contributed by atoms with E-state index in [-0.39, 0.29) is 5.91 Å². The van der Waals surface area contributed by atoms with Crippen molar-refractivity contribution in [1.29, 1.82) is 5.26 Å². The summed E-state index contributed by atoms with van der Waals surface area (Å²) in [5, 5.41) is 15.1. The quantitative estimate of drug-likeness (QED) is 0.843. The maximum Gasteiger partial charge on any atom is 0.251 e. The van der Waals surface area contributed by atoms with Crippen molar-refractivity contribution in [1.82, 2.24) is 10.6 Å². The second-order valence-corrected chi connectivity index (χ2v) is 4.80. The van der Waals surface area contributed by atoms with Gasteiger partial charge in [0.2, 0.25) is 0 Å². The monoisotopic (exact) mass is 273 g/mol. The Morgan fingerprint density at radius 1 is 1.50 bits per heavy atom. The minimum Gasteiger partial charge on any atom is -0.367 e. The highest BCUT2D eigenvalue weighted by molar-refractivity contribution is 5.81. The largest absolute Gasteiger partial charge is 0.367 e. The predicted molar refractivity (Wildman–Crippen MR) is 74.9 cm³/mol. The summed E-state index contributed by atoms with van der Waals surface area (Å²) >= 11 is 0. The summed E-state index contributed by atoms with van der Waals surface area (Å²) < 4.78 is 5.48. The number of amides is 1. The number of rotatable bonds is 4. The zero-order valence-electron chi connectivity index (χ0n) is 11.3. The molecule has 1 fully saturated rings. The van der Waals surface area contributed by atoms with Gasteiger partial charge in [0.25, 0.3) is 5.91 Å². The zero-order valence-corrected chi connectivity index (χ0v) is 11.3. The summed E-state index contributed by atoms with van der Waals surface area (Å²) in [6, 6.07) is 11.3. The second kappa shape index (κ2) is 7.63. The number of nitrogens with zero attached hydrogens (tertiary/aromatic N) is 1. The summed E-state index contributed by atoms with van der Waals surface area (Å²) in [6.07, 6.45) is 0.891. The van der Waals surface area contributed by atoms with E-state index in [0.717, 1.165) is 18.5 Å². The van der Waals surface area contributed by atoms with Crippen molar-refractivity contribution in [2.75, 3.05) is 19.7 Å². The molecule has 0 bridgehead atoms. The Labute approximate surface area is 118 Å². The molecule has 0 spiro atoms. The van der Waals surface area contributed by atoms with Crippen LogP contribution in [-0.2, 0) is 16.0 Å². The topological polar surface area (TPSA) is 74.2 Å². The van der Waals surface area contributed by atoms with E-state index in [1.165, 1.54) is 0 Å². The lowest BCUT2D eigenvalue weighted by molar-refractivity contribution is -0.132. The molecule has 2 rings (SSSR count). The van der Waals surface area contributed by atoms with Crippen molar-refractivity contribution >= 4 is 5.91 Å². The van der Waals surface area contributed by atoms with E-state index in [1.54, 1.807) is 0 Å². The first-order valence-corrected chi connectivity index (χ1v) is 6.86. The first-order chi connectivity index (χ1) is 9.79. The lowest BCUT2D eigenvalue weighted by atomic mass is 10.1. The highest BCUT2D eigenvalue weighted by Gasteiger charge is 2.23. The third kappa shape index (κ3) is 4.34. The average Bonchev–Trinajstić information content (AvgIpc) is 2.76. The van der Waals surface area contributed by atoms with Crippen LogP contribution in [0.25, 0.3) is 0 Å². The van der Waals surface area contributed by atoms with Gasteiger partial charge in [0.05, 0.1) is 6.07 Å². The van der Waals surface area contributed by atoms with E-state index < -0.39 is 12.1 Å². The van der Waals surface area contributed by atoms with Gasteiger partial charge in [-0.25, -0.2) is 0 Å². The Morgan fingerprint density at radius 3 is 3.05 bits per heavy atom. The third-order valence-corrected chi connectivity index (χ3v) is 3.19. The Morgan fingerprint density at radius 2 is 2.30 bits per heavy atom. The summed E-state index contributed by atoms with van der Waals surface area (Å²) in [7, 11) is 0. The number of hydrogen-bond donors (Lipinski definition) is 2. The number of carbonyl (C=O) groups is 1. The second-order valence-electron chi connectivity index (χ2n) is 4.80. The summed E-state index contributed by atoms with van der Waals surface area (Å²) in [4.78, 5) is 12.1. The van der Waals surface area contributed by atoms with Crippen molar-refractivity contribution < 1.29 is 9.53 Å². The molecule has 1 saturated heterocycles.